The molecule has 1 fully saturated rings. The van der Waals surface area contributed by atoms with Crippen molar-refractivity contribution in [2.24, 2.45) is 5.92 Å². The van der Waals surface area contributed by atoms with Gasteiger partial charge in [-0.15, -0.1) is 0 Å². The Hall–Kier alpha value is -3.58. The number of imide groups is 1. The molecule has 3 amide bonds. The number of thiazole rings is 1. The van der Waals surface area contributed by atoms with E-state index in [-0.39, 0.29) is 22.3 Å². The van der Waals surface area contributed by atoms with Crippen molar-refractivity contribution in [3.63, 3.8) is 0 Å². The number of halogens is 5. The third-order valence-corrected chi connectivity index (χ3v) is 10.6. The second-order valence-corrected chi connectivity index (χ2v) is 12.7. The summed E-state index contributed by atoms with van der Waals surface area (Å²) in [7, 11) is 0. The Morgan fingerprint density at radius 2 is 1.65 bits per heavy atom. The van der Waals surface area contributed by atoms with Gasteiger partial charge in [0.1, 0.15) is 11.8 Å². The number of nitrogens with one attached hydrogen (secondary N) is 1. The number of rotatable bonds is 5. The highest BCUT2D eigenvalue weighted by molar-refractivity contribution is 8.00. The molecule has 1 saturated heterocycles. The van der Waals surface area contributed by atoms with E-state index in [1.807, 2.05) is 0 Å². The molecule has 1 aromatic heterocycles. The van der Waals surface area contributed by atoms with Crippen molar-refractivity contribution in [3.8, 4) is 0 Å². The lowest BCUT2D eigenvalue weighted by Crippen LogP contribution is -2.33. The quantitative estimate of drug-likeness (QED) is 0.241. The molecule has 7 nitrogen and oxygen atoms in total. The fourth-order valence-corrected chi connectivity index (χ4v) is 8.48. The lowest BCUT2D eigenvalue weighted by molar-refractivity contribution is -0.137. The summed E-state index contributed by atoms with van der Waals surface area (Å²) in [5.74, 6) is -4.01. The molecular formula is C29H18Cl2F3N3O4S2. The summed E-state index contributed by atoms with van der Waals surface area (Å²) in [4.78, 5) is 54.6. The van der Waals surface area contributed by atoms with Gasteiger partial charge in [0.25, 0.3) is 0 Å². The van der Waals surface area contributed by atoms with Crippen LogP contribution in [0.15, 0.2) is 82.6 Å². The molecule has 0 bridgehead atoms. The molecule has 0 aliphatic carbocycles. The molecule has 0 saturated carbocycles. The predicted octanol–water partition coefficient (Wildman–Crippen LogP) is 6.67. The van der Waals surface area contributed by atoms with Crippen molar-refractivity contribution in [1.82, 2.24) is 4.57 Å². The number of fused-ring (bicyclic) bond motifs is 2. The van der Waals surface area contributed by atoms with Gasteiger partial charge < -0.3 is 5.32 Å². The monoisotopic (exact) mass is 663 g/mol. The summed E-state index contributed by atoms with van der Waals surface area (Å²) in [5.41, 5.74) is -0.340. The zero-order chi connectivity index (χ0) is 30.6. The van der Waals surface area contributed by atoms with Crippen LogP contribution in [0.4, 0.5) is 24.5 Å². The van der Waals surface area contributed by atoms with Crippen LogP contribution >= 0.6 is 46.3 Å². The molecule has 2 aliphatic heterocycles. The molecule has 43 heavy (non-hydrogen) atoms. The maximum Gasteiger partial charge on any atom is 0.416 e. The first-order valence-corrected chi connectivity index (χ1v) is 15.1. The third-order valence-electron chi connectivity index (χ3n) is 7.16. The van der Waals surface area contributed by atoms with Crippen LogP contribution in [-0.2, 0) is 27.1 Å². The summed E-state index contributed by atoms with van der Waals surface area (Å²) in [6.45, 7) is -0.376. The highest BCUT2D eigenvalue weighted by Crippen LogP contribution is 2.55. The summed E-state index contributed by atoms with van der Waals surface area (Å²) in [5, 5.41) is 2.18. The summed E-state index contributed by atoms with van der Waals surface area (Å²) < 4.78 is 41.7. The molecule has 1 N–H and O–H groups in total. The number of carbonyl (C=O) groups excluding carboxylic acids is 3. The van der Waals surface area contributed by atoms with Crippen molar-refractivity contribution < 1.29 is 27.6 Å². The molecule has 6 rings (SSSR count). The average Bonchev–Trinajstić information content (AvgIpc) is 3.41. The first kappa shape index (κ1) is 29.5. The summed E-state index contributed by atoms with van der Waals surface area (Å²) in [6, 6.07) is 17.4. The van der Waals surface area contributed by atoms with E-state index < -0.39 is 51.4 Å². The molecule has 3 atom stereocenters. The topological polar surface area (TPSA) is 88.5 Å². The van der Waals surface area contributed by atoms with Gasteiger partial charge in [-0.1, -0.05) is 82.7 Å². The lowest BCUT2D eigenvalue weighted by Gasteiger charge is -2.31. The Morgan fingerprint density at radius 3 is 2.37 bits per heavy atom. The van der Waals surface area contributed by atoms with Gasteiger partial charge in [0.15, 0.2) is 0 Å². The number of benzene rings is 3. The second kappa shape index (κ2) is 11.2. The molecule has 0 radical (unpaired) electrons. The van der Waals surface area contributed by atoms with Crippen LogP contribution in [0.25, 0.3) is 0 Å². The zero-order valence-electron chi connectivity index (χ0n) is 21.6. The van der Waals surface area contributed by atoms with Gasteiger partial charge in [0.05, 0.1) is 32.2 Å². The van der Waals surface area contributed by atoms with Crippen LogP contribution in [0.1, 0.15) is 21.9 Å². The van der Waals surface area contributed by atoms with Crippen LogP contribution in [0.3, 0.4) is 0 Å². The Kier molecular flexibility index (Phi) is 7.66. The van der Waals surface area contributed by atoms with Crippen molar-refractivity contribution in [1.29, 1.82) is 0 Å². The SMILES string of the molecule is O=C(Cn1c2c(sc1=O)C(c1cccc(Cl)c1Cl)C1C(=O)N(c3cccc(C(F)(F)F)c3)C(=O)C1S2)Nc1ccccc1. The minimum atomic E-state index is -4.69. The summed E-state index contributed by atoms with van der Waals surface area (Å²) in [6.07, 6.45) is -4.69. The van der Waals surface area contributed by atoms with E-state index in [0.29, 0.717) is 21.2 Å². The number of hydrogen-bond donors (Lipinski definition) is 1. The van der Waals surface area contributed by atoms with Gasteiger partial charge in [-0.2, -0.15) is 13.2 Å². The summed E-state index contributed by atoms with van der Waals surface area (Å²) >= 11 is 14.7. The number of aromatic nitrogens is 1. The molecule has 3 aromatic carbocycles. The highest BCUT2D eigenvalue weighted by Gasteiger charge is 2.57. The molecule has 0 spiro atoms. The van der Waals surface area contributed by atoms with Crippen molar-refractivity contribution in [2.75, 3.05) is 10.2 Å². The maximum atomic E-state index is 14.0. The number of nitrogens with zero attached hydrogens (tertiary/aromatic N) is 2. The normalized spacial score (nSPS) is 19.7. The minimum absolute atomic E-state index is 0.109. The first-order chi connectivity index (χ1) is 20.5. The highest BCUT2D eigenvalue weighted by atomic mass is 35.5. The van der Waals surface area contributed by atoms with E-state index >= 15 is 0 Å². The van der Waals surface area contributed by atoms with Crippen LogP contribution in [0.5, 0.6) is 0 Å². The number of carbonyl (C=O) groups is 3. The van der Waals surface area contributed by atoms with Crippen molar-refractivity contribution >= 4 is 75.4 Å². The van der Waals surface area contributed by atoms with E-state index in [1.54, 1.807) is 48.5 Å². The maximum absolute atomic E-state index is 14.0. The smallest absolute Gasteiger partial charge is 0.325 e. The van der Waals surface area contributed by atoms with E-state index in [9.17, 15) is 32.3 Å². The molecule has 2 aliphatic rings. The number of alkyl halides is 3. The van der Waals surface area contributed by atoms with E-state index in [1.165, 1.54) is 10.6 Å². The average molecular weight is 665 g/mol. The fourth-order valence-electron chi connectivity index (χ4n) is 5.29. The van der Waals surface area contributed by atoms with Crippen molar-refractivity contribution in [2.45, 2.75) is 28.9 Å². The van der Waals surface area contributed by atoms with Gasteiger partial charge >= 0.3 is 11.0 Å². The van der Waals surface area contributed by atoms with E-state index in [0.717, 1.165) is 46.2 Å². The zero-order valence-corrected chi connectivity index (χ0v) is 24.7. The Morgan fingerprint density at radius 1 is 0.930 bits per heavy atom. The molecular weight excluding hydrogens is 646 g/mol. The molecule has 14 heteroatoms. The van der Waals surface area contributed by atoms with Crippen LogP contribution in [0, 0.1) is 5.92 Å². The largest absolute Gasteiger partial charge is 0.416 e. The number of thioether (sulfide) groups is 1. The first-order valence-electron chi connectivity index (χ1n) is 12.7. The van der Waals surface area contributed by atoms with Gasteiger partial charge in [-0.25, -0.2) is 4.90 Å². The predicted molar refractivity (Wildman–Crippen MR) is 159 cm³/mol. The van der Waals surface area contributed by atoms with Crippen LogP contribution in [-0.4, -0.2) is 27.5 Å². The standard InChI is InChI=1S/C29H18Cl2F3N3O4S2/c30-18-11-5-10-17(22(18)31)20-21-23(26(40)37(25(21)39)16-9-4-6-14(12-16)29(32,33)34)42-27-24(20)43-28(41)36(27)13-19(38)35-15-7-2-1-3-8-15/h1-12,20-21,23H,13H2,(H,35,38). The number of amides is 3. The Balaban J connectivity index is 1.45. The van der Waals surface area contributed by atoms with Gasteiger partial charge in [0.2, 0.25) is 17.7 Å². The van der Waals surface area contributed by atoms with Crippen LogP contribution in [0.2, 0.25) is 10.0 Å². The fraction of sp³-hybridized carbons (Fsp3) is 0.172. The Bertz CT molecular complexity index is 1840. The molecule has 3 heterocycles. The number of hydrogen-bond acceptors (Lipinski definition) is 6. The molecule has 220 valence electrons. The van der Waals surface area contributed by atoms with E-state index in [2.05, 4.69) is 5.32 Å². The number of para-hydroxylation sites is 1. The van der Waals surface area contributed by atoms with Crippen molar-refractivity contribution in [3.05, 3.63) is 109 Å². The van der Waals surface area contributed by atoms with Crippen LogP contribution < -0.4 is 15.1 Å². The van der Waals surface area contributed by atoms with Gasteiger partial charge in [-0.3, -0.25) is 23.7 Å². The molecule has 3 unspecified atom stereocenters. The van der Waals surface area contributed by atoms with Gasteiger partial charge in [0, 0.05) is 16.5 Å². The third kappa shape index (κ3) is 5.26. The number of anilines is 2. The Labute approximate surface area is 260 Å². The van der Waals surface area contributed by atoms with E-state index in [4.69, 9.17) is 23.2 Å². The molecule has 4 aromatic rings. The minimum Gasteiger partial charge on any atom is -0.325 e. The lowest BCUT2D eigenvalue weighted by atomic mass is 9.83. The second-order valence-electron chi connectivity index (χ2n) is 9.78. The van der Waals surface area contributed by atoms with Gasteiger partial charge in [-0.05, 0) is 42.0 Å².